The van der Waals surface area contributed by atoms with Crippen molar-refractivity contribution in [1.29, 1.82) is 0 Å². The quantitative estimate of drug-likeness (QED) is 0.813. The number of amides is 1. The minimum Gasteiger partial charge on any atom is -0.381 e. The molecule has 5 nitrogen and oxygen atoms in total. The van der Waals surface area contributed by atoms with Crippen LogP contribution in [0.5, 0.6) is 0 Å². The van der Waals surface area contributed by atoms with Crippen molar-refractivity contribution < 1.29 is 14.3 Å². The minimum absolute atomic E-state index is 0.0891. The monoisotopic (exact) mass is 350 g/mol. The first-order valence-corrected chi connectivity index (χ1v) is 9.03. The number of aromatic nitrogens is 1. The Balaban J connectivity index is 1.57. The first kappa shape index (κ1) is 16.9. The molecular weight excluding hydrogens is 328 g/mol. The number of Topliss-reactive ketones (excluding diaryl/α,β-unsaturated/α-hetero) is 1. The summed E-state index contributed by atoms with van der Waals surface area (Å²) < 4.78 is 5.40. The largest absolute Gasteiger partial charge is 0.381 e. The van der Waals surface area contributed by atoms with Crippen molar-refractivity contribution in [2.45, 2.75) is 12.8 Å². The maximum absolute atomic E-state index is 12.8. The van der Waals surface area contributed by atoms with E-state index in [1.54, 1.807) is 13.1 Å². The Morgan fingerprint density at radius 3 is 2.58 bits per heavy atom. The summed E-state index contributed by atoms with van der Waals surface area (Å²) >= 11 is 0. The van der Waals surface area contributed by atoms with Crippen LogP contribution < -0.4 is 5.32 Å². The fourth-order valence-electron chi connectivity index (χ4n) is 3.88. The standard InChI is InChI=1S/C21H22N2O3/c1-22-21(25)19-9-14(20(24)10-16-17-11-26-12-18(16)17)8-15(23-19)7-13-5-3-2-4-6-13/h2-6,8-9,16-18H,7,10-12H2,1H3,(H,22,25)/t16?,17-,18+. The summed E-state index contributed by atoms with van der Waals surface area (Å²) in [6, 6.07) is 13.4. The molecule has 1 aliphatic heterocycles. The van der Waals surface area contributed by atoms with Crippen LogP contribution in [0.3, 0.4) is 0 Å². The second-order valence-corrected chi connectivity index (χ2v) is 7.13. The van der Waals surface area contributed by atoms with E-state index in [2.05, 4.69) is 10.3 Å². The molecule has 1 unspecified atom stereocenters. The number of ketones is 1. The van der Waals surface area contributed by atoms with E-state index >= 15 is 0 Å². The summed E-state index contributed by atoms with van der Waals surface area (Å²) in [5.74, 6) is 1.34. The first-order chi connectivity index (χ1) is 12.7. The highest BCUT2D eigenvalue weighted by molar-refractivity contribution is 6.00. The highest BCUT2D eigenvalue weighted by atomic mass is 16.5. The average Bonchev–Trinajstić information content (AvgIpc) is 3.08. The molecular formula is C21H22N2O3. The van der Waals surface area contributed by atoms with Gasteiger partial charge >= 0.3 is 0 Å². The zero-order valence-corrected chi connectivity index (χ0v) is 14.8. The minimum atomic E-state index is -0.273. The summed E-state index contributed by atoms with van der Waals surface area (Å²) in [7, 11) is 1.57. The highest BCUT2D eigenvalue weighted by Gasteiger charge is 2.54. The Hall–Kier alpha value is -2.53. The van der Waals surface area contributed by atoms with Gasteiger partial charge in [-0.3, -0.25) is 9.59 Å². The first-order valence-electron chi connectivity index (χ1n) is 9.03. The second-order valence-electron chi connectivity index (χ2n) is 7.13. The van der Waals surface area contributed by atoms with Gasteiger partial charge in [-0.05, 0) is 35.4 Å². The van der Waals surface area contributed by atoms with Crippen LogP contribution in [0.15, 0.2) is 42.5 Å². The lowest BCUT2D eigenvalue weighted by molar-refractivity contribution is 0.0950. The number of fused-ring (bicyclic) bond motifs is 1. The Morgan fingerprint density at radius 1 is 1.15 bits per heavy atom. The molecule has 1 aromatic carbocycles. The lowest BCUT2D eigenvalue weighted by Gasteiger charge is -2.09. The molecule has 2 aliphatic rings. The summed E-state index contributed by atoms with van der Waals surface area (Å²) in [4.78, 5) is 29.3. The van der Waals surface area contributed by atoms with Crippen LogP contribution in [0.4, 0.5) is 0 Å². The number of hydrogen-bond donors (Lipinski definition) is 1. The Kier molecular flexibility index (Phi) is 4.55. The molecule has 2 fully saturated rings. The molecule has 1 saturated heterocycles. The highest BCUT2D eigenvalue weighted by Crippen LogP contribution is 2.52. The lowest BCUT2D eigenvalue weighted by atomic mass is 10.0. The van der Waals surface area contributed by atoms with Gasteiger partial charge in [0.1, 0.15) is 5.69 Å². The van der Waals surface area contributed by atoms with E-state index in [-0.39, 0.29) is 11.7 Å². The van der Waals surface area contributed by atoms with E-state index < -0.39 is 0 Å². The van der Waals surface area contributed by atoms with Crippen LogP contribution in [-0.4, -0.2) is 36.9 Å². The van der Waals surface area contributed by atoms with E-state index in [1.807, 2.05) is 36.4 Å². The van der Waals surface area contributed by atoms with Gasteiger partial charge < -0.3 is 10.1 Å². The molecule has 2 heterocycles. The number of rotatable bonds is 6. The SMILES string of the molecule is CNC(=O)c1cc(C(=O)CC2[C@H]3COC[C@@H]23)cc(Cc2ccccc2)n1. The van der Waals surface area contributed by atoms with Crippen LogP contribution in [0.1, 0.15) is 38.5 Å². The zero-order chi connectivity index (χ0) is 18.1. The van der Waals surface area contributed by atoms with E-state index in [1.165, 1.54) is 0 Å². The molecule has 1 saturated carbocycles. The van der Waals surface area contributed by atoms with Gasteiger partial charge in [0.05, 0.1) is 13.2 Å². The molecule has 1 amide bonds. The van der Waals surface area contributed by atoms with E-state index in [9.17, 15) is 9.59 Å². The molecule has 4 rings (SSSR count). The van der Waals surface area contributed by atoms with E-state index in [4.69, 9.17) is 4.74 Å². The number of pyridine rings is 1. The lowest BCUT2D eigenvalue weighted by Crippen LogP contribution is -2.21. The van der Waals surface area contributed by atoms with Gasteiger partial charge in [-0.1, -0.05) is 30.3 Å². The number of ether oxygens (including phenoxy) is 1. The smallest absolute Gasteiger partial charge is 0.269 e. The number of nitrogens with one attached hydrogen (secondary N) is 1. The number of carbonyl (C=O) groups excluding carboxylic acids is 2. The van der Waals surface area contributed by atoms with Crippen LogP contribution in [0.2, 0.25) is 0 Å². The van der Waals surface area contributed by atoms with Crippen LogP contribution in [0, 0.1) is 17.8 Å². The van der Waals surface area contributed by atoms with Crippen molar-refractivity contribution in [2.24, 2.45) is 17.8 Å². The Bertz CT molecular complexity index is 824. The third-order valence-corrected chi connectivity index (χ3v) is 5.44. The third-order valence-electron chi connectivity index (χ3n) is 5.44. The van der Waals surface area contributed by atoms with Crippen molar-refractivity contribution in [2.75, 3.05) is 20.3 Å². The van der Waals surface area contributed by atoms with Crippen LogP contribution in [-0.2, 0) is 11.2 Å². The molecule has 2 aromatic rings. The maximum atomic E-state index is 12.8. The second kappa shape index (κ2) is 7.00. The molecule has 1 aromatic heterocycles. The van der Waals surface area contributed by atoms with Gasteiger partial charge in [0.25, 0.3) is 5.91 Å². The van der Waals surface area contributed by atoms with Crippen molar-refractivity contribution >= 4 is 11.7 Å². The molecule has 26 heavy (non-hydrogen) atoms. The molecule has 0 spiro atoms. The fourth-order valence-corrected chi connectivity index (χ4v) is 3.88. The predicted molar refractivity (Wildman–Crippen MR) is 97.1 cm³/mol. The summed E-state index contributed by atoms with van der Waals surface area (Å²) in [5.41, 5.74) is 2.71. The molecule has 1 N–H and O–H groups in total. The van der Waals surface area contributed by atoms with Crippen molar-refractivity contribution in [3.8, 4) is 0 Å². The molecule has 0 radical (unpaired) electrons. The number of hydrogen-bond acceptors (Lipinski definition) is 4. The van der Waals surface area contributed by atoms with Crippen molar-refractivity contribution in [3.63, 3.8) is 0 Å². The fraction of sp³-hybridized carbons (Fsp3) is 0.381. The third kappa shape index (κ3) is 3.40. The topological polar surface area (TPSA) is 68.3 Å². The number of nitrogens with zero attached hydrogens (tertiary/aromatic N) is 1. The van der Waals surface area contributed by atoms with Gasteiger partial charge in [-0.2, -0.15) is 0 Å². The van der Waals surface area contributed by atoms with Gasteiger partial charge in [-0.15, -0.1) is 0 Å². The van der Waals surface area contributed by atoms with Gasteiger partial charge in [0, 0.05) is 31.1 Å². The summed E-state index contributed by atoms with van der Waals surface area (Å²) in [6.07, 6.45) is 1.12. The van der Waals surface area contributed by atoms with Gasteiger partial charge in [0.2, 0.25) is 0 Å². The molecule has 0 bridgehead atoms. The molecule has 1 aliphatic carbocycles. The maximum Gasteiger partial charge on any atom is 0.269 e. The summed E-state index contributed by atoms with van der Waals surface area (Å²) in [6.45, 7) is 1.56. The van der Waals surface area contributed by atoms with E-state index in [0.717, 1.165) is 24.5 Å². The predicted octanol–water partition coefficient (Wildman–Crippen LogP) is 2.50. The average molecular weight is 350 g/mol. The van der Waals surface area contributed by atoms with E-state index in [0.29, 0.717) is 41.9 Å². The van der Waals surface area contributed by atoms with Gasteiger partial charge in [-0.25, -0.2) is 4.98 Å². The molecule has 134 valence electrons. The van der Waals surface area contributed by atoms with Crippen molar-refractivity contribution in [1.82, 2.24) is 10.3 Å². The Morgan fingerprint density at radius 2 is 1.88 bits per heavy atom. The Labute approximate surface area is 152 Å². The molecule has 3 atom stereocenters. The summed E-state index contributed by atoms with van der Waals surface area (Å²) in [5, 5.41) is 2.59. The van der Waals surface area contributed by atoms with Crippen LogP contribution in [0.25, 0.3) is 0 Å². The number of carbonyl (C=O) groups is 2. The molecule has 5 heteroatoms. The van der Waals surface area contributed by atoms with Gasteiger partial charge in [0.15, 0.2) is 5.78 Å². The van der Waals surface area contributed by atoms with Crippen molar-refractivity contribution in [3.05, 3.63) is 65.0 Å². The zero-order valence-electron chi connectivity index (χ0n) is 14.8. The van der Waals surface area contributed by atoms with Crippen LogP contribution >= 0.6 is 0 Å². The number of benzene rings is 1. The normalized spacial score (nSPS) is 23.3.